The number of methoxy groups -OCH3 is 1. The van der Waals surface area contributed by atoms with Crippen molar-refractivity contribution in [2.45, 2.75) is 57.0 Å². The molecule has 7 heteroatoms. The van der Waals surface area contributed by atoms with E-state index in [2.05, 4.69) is 10.6 Å². The van der Waals surface area contributed by atoms with Crippen LogP contribution in [0.5, 0.6) is 5.75 Å². The van der Waals surface area contributed by atoms with Gasteiger partial charge in [0.25, 0.3) is 0 Å². The highest BCUT2D eigenvalue weighted by molar-refractivity contribution is 6.12. The van der Waals surface area contributed by atoms with E-state index >= 15 is 0 Å². The van der Waals surface area contributed by atoms with Gasteiger partial charge in [0.1, 0.15) is 18.4 Å². The first kappa shape index (κ1) is 29.5. The van der Waals surface area contributed by atoms with Crippen molar-refractivity contribution in [2.75, 3.05) is 25.6 Å². The van der Waals surface area contributed by atoms with Crippen LogP contribution in [0.1, 0.15) is 60.0 Å². The highest BCUT2D eigenvalue weighted by atomic mass is 16.5. The van der Waals surface area contributed by atoms with Crippen molar-refractivity contribution >= 4 is 23.2 Å². The van der Waals surface area contributed by atoms with Gasteiger partial charge in [0.15, 0.2) is 11.6 Å². The van der Waals surface area contributed by atoms with Crippen molar-refractivity contribution < 1.29 is 23.9 Å². The van der Waals surface area contributed by atoms with Crippen molar-refractivity contribution in [3.8, 4) is 5.75 Å². The van der Waals surface area contributed by atoms with Gasteiger partial charge in [0, 0.05) is 35.7 Å². The van der Waals surface area contributed by atoms with E-state index < -0.39 is 12.0 Å². The number of para-hydroxylation sites is 1. The fourth-order valence-electron chi connectivity index (χ4n) is 5.81. The van der Waals surface area contributed by atoms with E-state index in [1.807, 2.05) is 54.6 Å². The van der Waals surface area contributed by atoms with Gasteiger partial charge in [-0.2, -0.15) is 0 Å². The van der Waals surface area contributed by atoms with Crippen LogP contribution in [-0.4, -0.2) is 49.9 Å². The summed E-state index contributed by atoms with van der Waals surface area (Å²) in [7, 11) is 1.36. The third-order valence-electron chi connectivity index (χ3n) is 8.28. The molecule has 7 nitrogen and oxygen atoms in total. The minimum atomic E-state index is -0.688. The van der Waals surface area contributed by atoms with E-state index in [1.165, 1.54) is 20.0 Å². The number of ketones is 2. The molecule has 3 aromatic carbocycles. The fourth-order valence-corrected chi connectivity index (χ4v) is 5.81. The summed E-state index contributed by atoms with van der Waals surface area (Å²) in [4.78, 5) is 38.9. The topological polar surface area (TPSA) is 93.7 Å². The number of ether oxygens (including phenoxy) is 2. The summed E-state index contributed by atoms with van der Waals surface area (Å²) in [6.45, 7) is 1.09. The molecule has 0 spiro atoms. The Balaban J connectivity index is 1.16. The standard InChI is InChI=1S/C35H40N2O5/c1-41-35(40)31(37-30-14-8-7-13-29(30)33(38)26-9-3-2-4-10-26)23-24-15-19-28(20-16-24)42-22-21-36-32(25-17-18-25)34(39)27-11-5-6-12-27/h2-4,7-10,13-16,19-20,25,27,31-32,36-37H,5-6,11-12,17-18,21-23H2,1H3/t31-,32?/m0/s1. The molecule has 2 saturated carbocycles. The largest absolute Gasteiger partial charge is 0.492 e. The molecule has 2 atom stereocenters. The van der Waals surface area contributed by atoms with E-state index in [0.29, 0.717) is 48.1 Å². The Morgan fingerprint density at radius 1 is 0.857 bits per heavy atom. The zero-order valence-electron chi connectivity index (χ0n) is 24.2. The van der Waals surface area contributed by atoms with E-state index in [9.17, 15) is 14.4 Å². The molecule has 3 aromatic rings. The molecule has 5 rings (SSSR count). The lowest BCUT2D eigenvalue weighted by molar-refractivity contribution is -0.141. The van der Waals surface area contributed by atoms with Crippen molar-refractivity contribution in [3.63, 3.8) is 0 Å². The Hall–Kier alpha value is -3.97. The highest BCUT2D eigenvalue weighted by Gasteiger charge is 2.39. The molecular weight excluding hydrogens is 528 g/mol. The Morgan fingerprint density at radius 3 is 2.24 bits per heavy atom. The molecule has 1 unspecified atom stereocenters. The van der Waals surface area contributed by atoms with Crippen molar-refractivity contribution in [1.82, 2.24) is 5.32 Å². The van der Waals surface area contributed by atoms with E-state index in [0.717, 1.165) is 37.0 Å². The van der Waals surface area contributed by atoms with Crippen LogP contribution in [0.4, 0.5) is 5.69 Å². The minimum absolute atomic E-state index is 0.0325. The number of hydrogen-bond donors (Lipinski definition) is 2. The van der Waals surface area contributed by atoms with Gasteiger partial charge in [-0.15, -0.1) is 0 Å². The summed E-state index contributed by atoms with van der Waals surface area (Å²) < 4.78 is 11.0. The van der Waals surface area contributed by atoms with Gasteiger partial charge in [-0.05, 0) is 61.4 Å². The number of Topliss-reactive ketones (excluding diaryl/α,β-unsaturated/α-hetero) is 1. The zero-order valence-corrected chi connectivity index (χ0v) is 24.2. The lowest BCUT2D eigenvalue weighted by Crippen LogP contribution is -2.43. The normalized spacial score (nSPS) is 16.4. The third-order valence-corrected chi connectivity index (χ3v) is 8.28. The molecule has 0 radical (unpaired) electrons. The second kappa shape index (κ2) is 14.3. The van der Waals surface area contributed by atoms with Crippen LogP contribution in [0.2, 0.25) is 0 Å². The molecule has 2 fully saturated rings. The van der Waals surface area contributed by atoms with Crippen molar-refractivity contribution in [1.29, 1.82) is 0 Å². The Bertz CT molecular complexity index is 1350. The molecule has 2 N–H and O–H groups in total. The summed E-state index contributed by atoms with van der Waals surface area (Å²) in [6.07, 6.45) is 7.06. The van der Waals surface area contributed by atoms with Gasteiger partial charge >= 0.3 is 5.97 Å². The van der Waals surface area contributed by atoms with Gasteiger partial charge in [-0.1, -0.05) is 67.4 Å². The first-order chi connectivity index (χ1) is 20.5. The summed E-state index contributed by atoms with van der Waals surface area (Å²) in [6, 6.07) is 23.2. The highest BCUT2D eigenvalue weighted by Crippen LogP contribution is 2.36. The number of hydrogen-bond acceptors (Lipinski definition) is 7. The van der Waals surface area contributed by atoms with E-state index in [1.54, 1.807) is 24.3 Å². The van der Waals surface area contributed by atoms with Gasteiger partial charge < -0.3 is 20.1 Å². The number of rotatable bonds is 15. The second-order valence-electron chi connectivity index (χ2n) is 11.3. The molecule has 0 bridgehead atoms. The first-order valence-corrected chi connectivity index (χ1v) is 15.1. The predicted molar refractivity (Wildman–Crippen MR) is 163 cm³/mol. The number of benzene rings is 3. The van der Waals surface area contributed by atoms with Crippen LogP contribution in [0, 0.1) is 11.8 Å². The molecule has 2 aliphatic rings. The van der Waals surface area contributed by atoms with E-state index in [-0.39, 0.29) is 17.7 Å². The third kappa shape index (κ3) is 7.65. The van der Waals surface area contributed by atoms with Crippen LogP contribution < -0.4 is 15.4 Å². The first-order valence-electron chi connectivity index (χ1n) is 15.1. The maximum atomic E-state index is 13.2. The van der Waals surface area contributed by atoms with E-state index in [4.69, 9.17) is 9.47 Å². The molecule has 0 amide bonds. The number of nitrogens with one attached hydrogen (secondary N) is 2. The second-order valence-corrected chi connectivity index (χ2v) is 11.3. The SMILES string of the molecule is COC(=O)[C@H](Cc1ccc(OCCNC(C(=O)C2CCCC2)C2CC2)cc1)Nc1ccccc1C(=O)c1ccccc1. The summed E-state index contributed by atoms with van der Waals surface area (Å²) in [5.74, 6) is 1.31. The molecular formula is C35H40N2O5. The van der Waals surface area contributed by atoms with Gasteiger partial charge in [0.2, 0.25) is 0 Å². The predicted octanol–water partition coefficient (Wildman–Crippen LogP) is 5.62. The quantitative estimate of drug-likeness (QED) is 0.140. The van der Waals surface area contributed by atoms with Crippen LogP contribution in [0.25, 0.3) is 0 Å². The molecule has 220 valence electrons. The average Bonchev–Trinajstić information content (AvgIpc) is 3.72. The van der Waals surface area contributed by atoms with Crippen molar-refractivity contribution in [3.05, 3.63) is 95.6 Å². The molecule has 42 heavy (non-hydrogen) atoms. The minimum Gasteiger partial charge on any atom is -0.492 e. The Kier molecular flexibility index (Phi) is 10.0. The monoisotopic (exact) mass is 568 g/mol. The average molecular weight is 569 g/mol. The number of carbonyl (C=O) groups is 3. The molecule has 0 aliphatic heterocycles. The Labute approximate surface area is 248 Å². The number of carbonyl (C=O) groups excluding carboxylic acids is 3. The molecule has 0 saturated heterocycles. The maximum Gasteiger partial charge on any atom is 0.328 e. The summed E-state index contributed by atoms with van der Waals surface area (Å²) in [5.41, 5.74) is 2.57. The lowest BCUT2D eigenvalue weighted by Gasteiger charge is -2.21. The number of anilines is 1. The van der Waals surface area contributed by atoms with Crippen LogP contribution >= 0.6 is 0 Å². The van der Waals surface area contributed by atoms with Gasteiger partial charge in [-0.3, -0.25) is 9.59 Å². The maximum absolute atomic E-state index is 13.2. The zero-order chi connectivity index (χ0) is 29.3. The van der Waals surface area contributed by atoms with Crippen LogP contribution in [0.3, 0.4) is 0 Å². The van der Waals surface area contributed by atoms with Crippen LogP contribution in [-0.2, 0) is 20.7 Å². The smallest absolute Gasteiger partial charge is 0.328 e. The summed E-state index contributed by atoms with van der Waals surface area (Å²) in [5, 5.41) is 6.72. The van der Waals surface area contributed by atoms with Crippen molar-refractivity contribution in [2.24, 2.45) is 11.8 Å². The van der Waals surface area contributed by atoms with Gasteiger partial charge in [0.05, 0.1) is 13.2 Å². The Morgan fingerprint density at radius 2 is 1.55 bits per heavy atom. The summed E-state index contributed by atoms with van der Waals surface area (Å²) >= 11 is 0. The van der Waals surface area contributed by atoms with Crippen LogP contribution in [0.15, 0.2) is 78.9 Å². The lowest BCUT2D eigenvalue weighted by atomic mass is 9.94. The van der Waals surface area contributed by atoms with Gasteiger partial charge in [-0.25, -0.2) is 4.79 Å². The number of esters is 1. The fraction of sp³-hybridized carbons (Fsp3) is 0.400. The molecule has 2 aliphatic carbocycles. The molecule has 0 aromatic heterocycles. The molecule has 0 heterocycles.